The molecule has 2 nitrogen and oxygen atoms in total. The number of carbonyl (C=O) groups excluding carboxylic acids is 1. The standard InChI is InChI=1S/C4H8INO/c1-2-3-4(7)6-5/h2-3H2,1H3,(H,6,7). The van der Waals surface area contributed by atoms with Crippen molar-refractivity contribution in [2.75, 3.05) is 0 Å². The van der Waals surface area contributed by atoms with Crippen molar-refractivity contribution in [2.24, 2.45) is 0 Å². The first-order chi connectivity index (χ1) is 3.31. The van der Waals surface area contributed by atoms with Gasteiger partial charge in [-0.15, -0.1) is 0 Å². The van der Waals surface area contributed by atoms with Gasteiger partial charge in [-0.2, -0.15) is 0 Å². The van der Waals surface area contributed by atoms with Crippen LogP contribution in [-0.4, -0.2) is 5.91 Å². The van der Waals surface area contributed by atoms with Crippen LogP contribution in [0.4, 0.5) is 0 Å². The van der Waals surface area contributed by atoms with Gasteiger partial charge in [0.05, 0.1) is 22.9 Å². The minimum atomic E-state index is 0.114. The van der Waals surface area contributed by atoms with Crippen molar-refractivity contribution < 1.29 is 4.79 Å². The number of hydrogen-bond acceptors (Lipinski definition) is 1. The Morgan fingerprint density at radius 2 is 2.43 bits per heavy atom. The first-order valence-electron chi connectivity index (χ1n) is 2.20. The Bertz CT molecular complexity index is 64.7. The van der Waals surface area contributed by atoms with Crippen LogP contribution < -0.4 is 3.53 Å². The van der Waals surface area contributed by atoms with E-state index < -0.39 is 0 Å². The van der Waals surface area contributed by atoms with Crippen LogP contribution in [0.2, 0.25) is 0 Å². The fraction of sp³-hybridized carbons (Fsp3) is 0.750. The molecule has 7 heavy (non-hydrogen) atoms. The summed E-state index contributed by atoms with van der Waals surface area (Å²) in [5, 5.41) is 0. The van der Waals surface area contributed by atoms with Gasteiger partial charge in [-0.25, -0.2) is 0 Å². The van der Waals surface area contributed by atoms with Gasteiger partial charge in [0, 0.05) is 6.42 Å². The highest BCUT2D eigenvalue weighted by Crippen LogP contribution is 1.86. The van der Waals surface area contributed by atoms with Crippen LogP contribution in [-0.2, 0) is 4.79 Å². The highest BCUT2D eigenvalue weighted by Gasteiger charge is 1.91. The fourth-order valence-electron chi connectivity index (χ4n) is 0.274. The van der Waals surface area contributed by atoms with E-state index in [0.717, 1.165) is 6.42 Å². The molecule has 0 aliphatic heterocycles. The van der Waals surface area contributed by atoms with Gasteiger partial charge in [-0.3, -0.25) is 8.32 Å². The van der Waals surface area contributed by atoms with Crippen molar-refractivity contribution >= 4 is 28.8 Å². The third-order valence-electron chi connectivity index (χ3n) is 0.582. The predicted molar refractivity (Wildman–Crippen MR) is 37.1 cm³/mol. The Hall–Kier alpha value is 0.200. The Kier molecular flexibility index (Phi) is 4.49. The zero-order chi connectivity index (χ0) is 5.70. The Morgan fingerprint density at radius 3 is 2.57 bits per heavy atom. The van der Waals surface area contributed by atoms with Crippen LogP contribution in [0.3, 0.4) is 0 Å². The summed E-state index contributed by atoms with van der Waals surface area (Å²) < 4.78 is 2.50. The smallest absolute Gasteiger partial charge is 0.228 e. The predicted octanol–water partition coefficient (Wildman–Crippen LogP) is 1.25. The van der Waals surface area contributed by atoms with E-state index in [2.05, 4.69) is 3.53 Å². The molecule has 0 aromatic heterocycles. The summed E-state index contributed by atoms with van der Waals surface area (Å²) in [6.07, 6.45) is 1.57. The number of carbonyl (C=O) groups is 1. The maximum absolute atomic E-state index is 10.3. The zero-order valence-corrected chi connectivity index (χ0v) is 6.36. The summed E-state index contributed by atoms with van der Waals surface area (Å²) in [4.78, 5) is 10.3. The lowest BCUT2D eigenvalue weighted by Crippen LogP contribution is -2.09. The fourth-order valence-corrected chi connectivity index (χ4v) is 0.544. The van der Waals surface area contributed by atoms with Crippen molar-refractivity contribution in [3.63, 3.8) is 0 Å². The van der Waals surface area contributed by atoms with Gasteiger partial charge in [0.15, 0.2) is 0 Å². The number of halogens is 1. The van der Waals surface area contributed by atoms with Crippen LogP contribution in [0.15, 0.2) is 0 Å². The third kappa shape index (κ3) is 4.04. The number of rotatable bonds is 2. The monoisotopic (exact) mass is 213 g/mol. The number of amides is 1. The van der Waals surface area contributed by atoms with Crippen LogP contribution in [0.5, 0.6) is 0 Å². The molecule has 1 N–H and O–H groups in total. The highest BCUT2D eigenvalue weighted by atomic mass is 127. The van der Waals surface area contributed by atoms with Crippen LogP contribution in [0, 0.1) is 0 Å². The molecule has 0 saturated heterocycles. The molecule has 0 radical (unpaired) electrons. The highest BCUT2D eigenvalue weighted by molar-refractivity contribution is 14.1. The lowest BCUT2D eigenvalue weighted by atomic mass is 10.3. The van der Waals surface area contributed by atoms with Gasteiger partial charge in [-0.05, 0) is 6.42 Å². The summed E-state index contributed by atoms with van der Waals surface area (Å²) in [6.45, 7) is 1.98. The molecule has 3 heteroatoms. The second kappa shape index (κ2) is 4.36. The molecule has 42 valence electrons. The van der Waals surface area contributed by atoms with E-state index in [1.165, 1.54) is 0 Å². The van der Waals surface area contributed by atoms with Crippen molar-refractivity contribution in [3.05, 3.63) is 0 Å². The normalized spacial score (nSPS) is 8.29. The lowest BCUT2D eigenvalue weighted by molar-refractivity contribution is -0.118. The average Bonchev–Trinajstić information content (AvgIpc) is 1.68. The third-order valence-corrected chi connectivity index (χ3v) is 1.18. The van der Waals surface area contributed by atoms with Gasteiger partial charge in [0.1, 0.15) is 0 Å². The van der Waals surface area contributed by atoms with E-state index in [-0.39, 0.29) is 5.91 Å². The topological polar surface area (TPSA) is 29.1 Å². The van der Waals surface area contributed by atoms with Crippen molar-refractivity contribution in [1.29, 1.82) is 0 Å². The van der Waals surface area contributed by atoms with Gasteiger partial charge < -0.3 is 0 Å². The van der Waals surface area contributed by atoms with Gasteiger partial charge in [0.25, 0.3) is 0 Å². The average molecular weight is 213 g/mol. The quantitative estimate of drug-likeness (QED) is 0.542. The van der Waals surface area contributed by atoms with Gasteiger partial charge >= 0.3 is 0 Å². The first-order valence-corrected chi connectivity index (χ1v) is 3.28. The van der Waals surface area contributed by atoms with Crippen LogP contribution >= 0.6 is 22.9 Å². The molecule has 0 bridgehead atoms. The largest absolute Gasteiger partial charge is 0.299 e. The van der Waals surface area contributed by atoms with Crippen LogP contribution in [0.1, 0.15) is 19.8 Å². The molecule has 0 atom stereocenters. The molecule has 0 fully saturated rings. The van der Waals surface area contributed by atoms with E-state index in [1.807, 2.05) is 29.8 Å². The van der Waals surface area contributed by atoms with Gasteiger partial charge in [-0.1, -0.05) is 6.92 Å². The molecule has 0 spiro atoms. The van der Waals surface area contributed by atoms with Crippen molar-refractivity contribution in [1.82, 2.24) is 3.53 Å². The Balaban J connectivity index is 3.00. The summed E-state index contributed by atoms with van der Waals surface area (Å²) in [5.41, 5.74) is 0. The molecular weight excluding hydrogens is 205 g/mol. The van der Waals surface area contributed by atoms with E-state index >= 15 is 0 Å². The molecule has 0 rings (SSSR count). The van der Waals surface area contributed by atoms with E-state index in [1.54, 1.807) is 0 Å². The molecule has 0 saturated carbocycles. The van der Waals surface area contributed by atoms with E-state index in [9.17, 15) is 4.79 Å². The molecule has 0 aromatic rings. The molecule has 0 unspecified atom stereocenters. The second-order valence-corrected chi connectivity index (χ2v) is 1.81. The molecule has 0 heterocycles. The second-order valence-electron chi connectivity index (χ2n) is 1.27. The molecule has 0 aromatic carbocycles. The number of nitrogens with one attached hydrogen (secondary N) is 1. The minimum Gasteiger partial charge on any atom is -0.299 e. The van der Waals surface area contributed by atoms with E-state index in [4.69, 9.17) is 0 Å². The molecule has 1 amide bonds. The molecule has 0 aliphatic rings. The van der Waals surface area contributed by atoms with Crippen molar-refractivity contribution in [3.8, 4) is 0 Å². The number of hydrogen-bond donors (Lipinski definition) is 1. The summed E-state index contributed by atoms with van der Waals surface area (Å²) >= 11 is 1.84. The zero-order valence-electron chi connectivity index (χ0n) is 4.20. The van der Waals surface area contributed by atoms with Crippen molar-refractivity contribution in [2.45, 2.75) is 19.8 Å². The van der Waals surface area contributed by atoms with Crippen LogP contribution in [0.25, 0.3) is 0 Å². The van der Waals surface area contributed by atoms with Gasteiger partial charge in [0.2, 0.25) is 5.91 Å². The summed E-state index contributed by atoms with van der Waals surface area (Å²) in [5.74, 6) is 0.114. The first kappa shape index (κ1) is 7.20. The van der Waals surface area contributed by atoms with E-state index in [0.29, 0.717) is 6.42 Å². The molecular formula is C4H8INO. The molecule has 0 aliphatic carbocycles. The maximum Gasteiger partial charge on any atom is 0.228 e. The lowest BCUT2D eigenvalue weighted by Gasteiger charge is -1.89. The Labute approximate surface area is 57.2 Å². The minimum absolute atomic E-state index is 0.114. The summed E-state index contributed by atoms with van der Waals surface area (Å²) in [7, 11) is 0. The SMILES string of the molecule is CCCC(=O)NI. The summed E-state index contributed by atoms with van der Waals surface area (Å²) in [6, 6.07) is 0. The maximum atomic E-state index is 10.3. The Morgan fingerprint density at radius 1 is 1.86 bits per heavy atom.